The van der Waals surface area contributed by atoms with Crippen LogP contribution in [0.5, 0.6) is 0 Å². The summed E-state index contributed by atoms with van der Waals surface area (Å²) in [6.45, 7) is 0.941. The fraction of sp³-hybridized carbons (Fsp3) is 0.381. The second-order valence-corrected chi connectivity index (χ2v) is 7.39. The van der Waals surface area contributed by atoms with Gasteiger partial charge in [0.15, 0.2) is 0 Å². The average Bonchev–Trinajstić information content (AvgIpc) is 3.47. The van der Waals surface area contributed by atoms with Crippen molar-refractivity contribution in [1.82, 2.24) is 15.2 Å². The Kier molecular flexibility index (Phi) is 4.44. The first-order valence-corrected chi connectivity index (χ1v) is 9.17. The zero-order valence-electron chi connectivity index (χ0n) is 15.4. The number of rotatable bonds is 6. The van der Waals surface area contributed by atoms with E-state index in [9.17, 15) is 9.59 Å². The van der Waals surface area contributed by atoms with Gasteiger partial charge in [-0.05, 0) is 36.6 Å². The number of carbonyl (C=O) groups excluding carboxylic acids is 2. The van der Waals surface area contributed by atoms with Crippen LogP contribution in [0.25, 0.3) is 0 Å². The molecule has 1 saturated heterocycles. The summed E-state index contributed by atoms with van der Waals surface area (Å²) in [5.41, 5.74) is 0.604. The molecule has 6 nitrogen and oxygen atoms in total. The van der Waals surface area contributed by atoms with Gasteiger partial charge in [0.2, 0.25) is 5.91 Å². The molecular formula is C21H23N3O3. The number of nitrogens with one attached hydrogen (secondary N) is 1. The molecule has 0 unspecified atom stereocenters. The smallest absolute Gasteiger partial charge is 0.251 e. The summed E-state index contributed by atoms with van der Waals surface area (Å²) < 4.78 is 5.78. The van der Waals surface area contributed by atoms with Gasteiger partial charge in [-0.15, -0.1) is 0 Å². The lowest BCUT2D eigenvalue weighted by Crippen LogP contribution is -2.77. The maximum atomic E-state index is 12.7. The van der Waals surface area contributed by atoms with Gasteiger partial charge in [-0.3, -0.25) is 14.6 Å². The van der Waals surface area contributed by atoms with Crippen LogP contribution in [0.3, 0.4) is 0 Å². The molecule has 1 aliphatic carbocycles. The fourth-order valence-corrected chi connectivity index (χ4v) is 3.92. The van der Waals surface area contributed by atoms with E-state index in [1.807, 2.05) is 30.3 Å². The third-order valence-electron chi connectivity index (χ3n) is 5.71. The average molecular weight is 365 g/mol. The van der Waals surface area contributed by atoms with E-state index in [1.165, 1.54) is 0 Å². The van der Waals surface area contributed by atoms with Gasteiger partial charge in [0.05, 0.1) is 12.0 Å². The van der Waals surface area contributed by atoms with Crippen LogP contribution in [-0.2, 0) is 16.0 Å². The Morgan fingerprint density at radius 1 is 1.15 bits per heavy atom. The zero-order valence-corrected chi connectivity index (χ0v) is 15.4. The molecule has 2 heterocycles. The summed E-state index contributed by atoms with van der Waals surface area (Å²) in [5.74, 6) is -0.0854. The number of carbonyl (C=O) groups is 2. The molecule has 1 N–H and O–H groups in total. The molecule has 2 aliphatic rings. The second kappa shape index (κ2) is 6.78. The van der Waals surface area contributed by atoms with Crippen molar-refractivity contribution in [2.45, 2.75) is 30.4 Å². The summed E-state index contributed by atoms with van der Waals surface area (Å²) in [6, 6.07) is 12.9. The molecule has 2 amide bonds. The van der Waals surface area contributed by atoms with Crippen molar-refractivity contribution in [3.8, 4) is 0 Å². The highest BCUT2D eigenvalue weighted by Gasteiger charge is 2.66. The van der Waals surface area contributed by atoms with Gasteiger partial charge in [-0.25, -0.2) is 0 Å². The number of pyridine rings is 1. The van der Waals surface area contributed by atoms with Gasteiger partial charge in [-0.2, -0.15) is 0 Å². The summed E-state index contributed by atoms with van der Waals surface area (Å²) in [4.78, 5) is 31.2. The van der Waals surface area contributed by atoms with Crippen molar-refractivity contribution < 1.29 is 14.3 Å². The van der Waals surface area contributed by atoms with Crippen LogP contribution >= 0.6 is 0 Å². The van der Waals surface area contributed by atoms with Crippen LogP contribution in [0, 0.1) is 0 Å². The Balaban J connectivity index is 1.46. The molecule has 4 rings (SSSR count). The molecule has 0 spiro atoms. The van der Waals surface area contributed by atoms with Crippen molar-refractivity contribution in [3.05, 3.63) is 66.0 Å². The minimum absolute atomic E-state index is 0.0412. The Labute approximate surface area is 158 Å². The van der Waals surface area contributed by atoms with Crippen molar-refractivity contribution in [3.63, 3.8) is 0 Å². The van der Waals surface area contributed by atoms with E-state index in [1.54, 1.807) is 36.5 Å². The van der Waals surface area contributed by atoms with Gasteiger partial charge in [0, 0.05) is 38.2 Å². The molecule has 1 aromatic carbocycles. The lowest BCUT2D eigenvalue weighted by molar-refractivity contribution is -0.147. The predicted molar refractivity (Wildman–Crippen MR) is 100 cm³/mol. The highest BCUT2D eigenvalue weighted by atomic mass is 16.5. The van der Waals surface area contributed by atoms with E-state index < -0.39 is 5.54 Å². The molecule has 0 bridgehead atoms. The van der Waals surface area contributed by atoms with E-state index in [4.69, 9.17) is 4.74 Å². The fourth-order valence-electron chi connectivity index (χ4n) is 3.92. The molecule has 1 saturated carbocycles. The number of hydrogen-bond acceptors (Lipinski definition) is 4. The number of hydrogen-bond donors (Lipinski definition) is 1. The highest BCUT2D eigenvalue weighted by molar-refractivity contribution is 5.95. The summed E-state index contributed by atoms with van der Waals surface area (Å²) in [7, 11) is 1.68. The van der Waals surface area contributed by atoms with Crippen LogP contribution in [0.15, 0.2) is 54.9 Å². The Bertz CT molecular complexity index is 828. The minimum atomic E-state index is -0.528. The lowest BCUT2D eigenvalue weighted by Gasteiger charge is -2.54. The number of aromatic nitrogens is 1. The van der Waals surface area contributed by atoms with E-state index >= 15 is 0 Å². The summed E-state index contributed by atoms with van der Waals surface area (Å²) in [6.07, 6.45) is 5.50. The van der Waals surface area contributed by atoms with Crippen LogP contribution in [0.2, 0.25) is 0 Å². The van der Waals surface area contributed by atoms with Gasteiger partial charge in [0.25, 0.3) is 5.91 Å². The third-order valence-corrected chi connectivity index (χ3v) is 5.71. The first kappa shape index (κ1) is 17.7. The number of benzene rings is 1. The topological polar surface area (TPSA) is 71.5 Å². The van der Waals surface area contributed by atoms with Crippen LogP contribution < -0.4 is 5.32 Å². The van der Waals surface area contributed by atoms with Crippen LogP contribution in [-0.4, -0.2) is 53.0 Å². The minimum Gasteiger partial charge on any atom is -0.376 e. The van der Waals surface area contributed by atoms with Crippen LogP contribution in [0.4, 0.5) is 0 Å². The lowest BCUT2D eigenvalue weighted by atomic mass is 9.80. The molecule has 140 valence electrons. The zero-order chi connectivity index (χ0) is 18.9. The molecule has 2 fully saturated rings. The SMILES string of the molecule is COC1(C2(NC(=O)c3ccccc3)CN(C(=O)Cc3cccnc3)C2)CC1. The van der Waals surface area contributed by atoms with Crippen molar-refractivity contribution in [2.75, 3.05) is 20.2 Å². The number of amides is 2. The number of methoxy groups -OCH3 is 1. The molecular weight excluding hydrogens is 342 g/mol. The molecule has 1 aromatic heterocycles. The van der Waals surface area contributed by atoms with Gasteiger partial charge in [0.1, 0.15) is 5.54 Å². The van der Waals surface area contributed by atoms with Crippen LogP contribution in [0.1, 0.15) is 28.8 Å². The van der Waals surface area contributed by atoms with Gasteiger partial charge < -0.3 is 15.0 Å². The Hall–Kier alpha value is -2.73. The predicted octanol–water partition coefficient (Wildman–Crippen LogP) is 1.81. The standard InChI is InChI=1S/C21H23N3O3/c1-27-21(9-10-21)20(23-19(26)17-7-3-2-4-8-17)14-24(15-20)18(25)12-16-6-5-11-22-13-16/h2-8,11,13H,9-10,12,14-15H2,1H3,(H,23,26). The first-order valence-electron chi connectivity index (χ1n) is 9.17. The van der Waals surface area contributed by atoms with Crippen molar-refractivity contribution >= 4 is 11.8 Å². The maximum absolute atomic E-state index is 12.7. The number of likely N-dealkylation sites (tertiary alicyclic amines) is 1. The van der Waals surface area contributed by atoms with E-state index in [0.29, 0.717) is 25.1 Å². The second-order valence-electron chi connectivity index (χ2n) is 7.39. The molecule has 2 aromatic rings. The third kappa shape index (κ3) is 3.21. The Morgan fingerprint density at radius 3 is 2.48 bits per heavy atom. The molecule has 27 heavy (non-hydrogen) atoms. The molecule has 0 atom stereocenters. The molecule has 0 radical (unpaired) electrons. The Morgan fingerprint density at radius 2 is 1.89 bits per heavy atom. The first-order chi connectivity index (χ1) is 13.1. The largest absolute Gasteiger partial charge is 0.376 e. The quantitative estimate of drug-likeness (QED) is 0.848. The maximum Gasteiger partial charge on any atom is 0.251 e. The summed E-state index contributed by atoms with van der Waals surface area (Å²) >= 11 is 0. The van der Waals surface area contributed by atoms with E-state index in [0.717, 1.165) is 18.4 Å². The molecule has 1 aliphatic heterocycles. The van der Waals surface area contributed by atoms with Gasteiger partial charge >= 0.3 is 0 Å². The van der Waals surface area contributed by atoms with E-state index in [2.05, 4.69) is 10.3 Å². The van der Waals surface area contributed by atoms with Crippen molar-refractivity contribution in [1.29, 1.82) is 0 Å². The van der Waals surface area contributed by atoms with E-state index in [-0.39, 0.29) is 17.4 Å². The normalized spacial score (nSPS) is 19.1. The highest BCUT2D eigenvalue weighted by Crippen LogP contribution is 2.51. The van der Waals surface area contributed by atoms with Crippen molar-refractivity contribution in [2.24, 2.45) is 0 Å². The molecule has 6 heteroatoms. The van der Waals surface area contributed by atoms with Gasteiger partial charge in [-0.1, -0.05) is 24.3 Å². The summed E-state index contributed by atoms with van der Waals surface area (Å²) in [5, 5.41) is 3.18. The monoisotopic (exact) mass is 365 g/mol. The number of ether oxygens (including phenoxy) is 1. The number of nitrogens with zero attached hydrogens (tertiary/aromatic N) is 2.